The third kappa shape index (κ3) is 2.52. The number of benzene rings is 2. The van der Waals surface area contributed by atoms with E-state index in [1.165, 1.54) is 0 Å². The van der Waals surface area contributed by atoms with Crippen molar-refractivity contribution < 1.29 is 9.47 Å². The first kappa shape index (κ1) is 12.4. The Kier molecular flexibility index (Phi) is 3.42. The molecule has 2 aromatic rings. The number of fused-ring (bicyclic) bond motifs is 1. The fourth-order valence-electron chi connectivity index (χ4n) is 2.15. The Morgan fingerprint density at radius 3 is 2.70 bits per heavy atom. The van der Waals surface area contributed by atoms with Crippen LogP contribution in [0.5, 0.6) is 11.5 Å². The molecule has 1 heterocycles. The van der Waals surface area contributed by atoms with Crippen molar-refractivity contribution in [2.75, 3.05) is 18.7 Å². The molecule has 100 valence electrons. The summed E-state index contributed by atoms with van der Waals surface area (Å²) in [6.45, 7) is 0.823. The molecule has 1 unspecified atom stereocenters. The maximum absolute atomic E-state index is 9.28. The second kappa shape index (κ2) is 5.54. The SMILES string of the molecule is N#CC(CNc1ccc2c(c1)OCO2)c1ccccc1. The third-order valence-corrected chi connectivity index (χ3v) is 3.24. The number of nitrogens with zero attached hydrogens (tertiary/aromatic N) is 1. The van der Waals surface area contributed by atoms with Gasteiger partial charge in [0.05, 0.1) is 12.0 Å². The van der Waals surface area contributed by atoms with Gasteiger partial charge in [-0.05, 0) is 17.7 Å². The van der Waals surface area contributed by atoms with Gasteiger partial charge in [0.25, 0.3) is 0 Å². The van der Waals surface area contributed by atoms with Gasteiger partial charge < -0.3 is 14.8 Å². The fourth-order valence-corrected chi connectivity index (χ4v) is 2.15. The average molecular weight is 266 g/mol. The Morgan fingerprint density at radius 2 is 1.90 bits per heavy atom. The van der Waals surface area contributed by atoms with Crippen molar-refractivity contribution in [3.05, 3.63) is 54.1 Å². The topological polar surface area (TPSA) is 54.3 Å². The van der Waals surface area contributed by atoms with Crippen LogP contribution in [0.1, 0.15) is 11.5 Å². The molecule has 0 amide bonds. The van der Waals surface area contributed by atoms with Crippen molar-refractivity contribution in [3.8, 4) is 17.6 Å². The average Bonchev–Trinajstić information content (AvgIpc) is 2.96. The van der Waals surface area contributed by atoms with Gasteiger partial charge in [-0.25, -0.2) is 0 Å². The summed E-state index contributed by atoms with van der Waals surface area (Å²) >= 11 is 0. The molecule has 4 nitrogen and oxygen atoms in total. The summed E-state index contributed by atoms with van der Waals surface area (Å²) in [5.41, 5.74) is 1.94. The van der Waals surface area contributed by atoms with Crippen LogP contribution in [-0.2, 0) is 0 Å². The van der Waals surface area contributed by atoms with E-state index in [1.54, 1.807) is 0 Å². The minimum Gasteiger partial charge on any atom is -0.454 e. The molecule has 0 saturated heterocycles. The molecule has 1 atom stereocenters. The number of ether oxygens (including phenoxy) is 2. The lowest BCUT2D eigenvalue weighted by Gasteiger charge is -2.12. The Labute approximate surface area is 117 Å². The van der Waals surface area contributed by atoms with E-state index in [1.807, 2.05) is 48.5 Å². The molecule has 1 aliphatic heterocycles. The zero-order valence-corrected chi connectivity index (χ0v) is 10.9. The molecule has 20 heavy (non-hydrogen) atoms. The van der Waals surface area contributed by atoms with E-state index in [9.17, 15) is 5.26 Å². The molecule has 0 aliphatic carbocycles. The van der Waals surface area contributed by atoms with Crippen molar-refractivity contribution in [2.24, 2.45) is 0 Å². The van der Waals surface area contributed by atoms with Crippen LogP contribution in [0.15, 0.2) is 48.5 Å². The summed E-state index contributed by atoms with van der Waals surface area (Å²) < 4.78 is 10.6. The smallest absolute Gasteiger partial charge is 0.231 e. The maximum Gasteiger partial charge on any atom is 0.231 e. The highest BCUT2D eigenvalue weighted by Crippen LogP contribution is 2.34. The second-order valence-electron chi connectivity index (χ2n) is 4.54. The summed E-state index contributed by atoms with van der Waals surface area (Å²) in [5.74, 6) is 1.32. The zero-order valence-electron chi connectivity index (χ0n) is 10.9. The van der Waals surface area contributed by atoms with Gasteiger partial charge in [-0.2, -0.15) is 5.26 Å². The van der Waals surface area contributed by atoms with Gasteiger partial charge >= 0.3 is 0 Å². The number of nitriles is 1. The Morgan fingerprint density at radius 1 is 1.10 bits per heavy atom. The van der Waals surface area contributed by atoms with Crippen molar-refractivity contribution in [1.29, 1.82) is 5.26 Å². The first-order chi connectivity index (χ1) is 9.86. The second-order valence-corrected chi connectivity index (χ2v) is 4.54. The third-order valence-electron chi connectivity index (χ3n) is 3.24. The molecule has 1 N–H and O–H groups in total. The quantitative estimate of drug-likeness (QED) is 0.923. The minimum absolute atomic E-state index is 0.179. The fraction of sp³-hybridized carbons (Fsp3) is 0.188. The number of nitrogens with one attached hydrogen (secondary N) is 1. The van der Waals surface area contributed by atoms with Crippen LogP contribution >= 0.6 is 0 Å². The van der Waals surface area contributed by atoms with Gasteiger partial charge in [-0.3, -0.25) is 0 Å². The highest BCUT2D eigenvalue weighted by molar-refractivity contribution is 5.55. The Bertz CT molecular complexity index is 635. The van der Waals surface area contributed by atoms with E-state index < -0.39 is 0 Å². The number of anilines is 1. The van der Waals surface area contributed by atoms with Crippen molar-refractivity contribution in [1.82, 2.24) is 0 Å². The molecule has 0 spiro atoms. The summed E-state index contributed by atoms with van der Waals surface area (Å²) in [6, 6.07) is 17.8. The van der Waals surface area contributed by atoms with Crippen molar-refractivity contribution >= 4 is 5.69 Å². The van der Waals surface area contributed by atoms with Crippen LogP contribution in [0.2, 0.25) is 0 Å². The van der Waals surface area contributed by atoms with Gasteiger partial charge in [0.1, 0.15) is 0 Å². The van der Waals surface area contributed by atoms with E-state index in [0.717, 1.165) is 22.7 Å². The van der Waals surface area contributed by atoms with E-state index in [2.05, 4.69) is 11.4 Å². The molecule has 2 aromatic carbocycles. The molecule has 0 radical (unpaired) electrons. The summed E-state index contributed by atoms with van der Waals surface area (Å²) in [7, 11) is 0. The van der Waals surface area contributed by atoms with Crippen molar-refractivity contribution in [2.45, 2.75) is 5.92 Å². The van der Waals surface area contributed by atoms with Crippen LogP contribution in [0, 0.1) is 11.3 Å². The molecule has 0 fully saturated rings. The normalized spacial score (nSPS) is 13.6. The van der Waals surface area contributed by atoms with E-state index >= 15 is 0 Å². The maximum atomic E-state index is 9.28. The lowest BCUT2D eigenvalue weighted by Crippen LogP contribution is -2.11. The van der Waals surface area contributed by atoms with Crippen LogP contribution < -0.4 is 14.8 Å². The Hall–Kier alpha value is -2.67. The lowest BCUT2D eigenvalue weighted by atomic mass is 10.0. The van der Waals surface area contributed by atoms with Gasteiger partial charge in [0, 0.05) is 18.3 Å². The summed E-state index contributed by atoms with van der Waals surface area (Å²) in [6.07, 6.45) is 0. The van der Waals surface area contributed by atoms with Gasteiger partial charge in [0.2, 0.25) is 6.79 Å². The highest BCUT2D eigenvalue weighted by atomic mass is 16.7. The van der Waals surface area contributed by atoms with Crippen LogP contribution in [0.3, 0.4) is 0 Å². The monoisotopic (exact) mass is 266 g/mol. The van der Waals surface area contributed by atoms with Crippen LogP contribution in [0.4, 0.5) is 5.69 Å². The molecule has 4 heteroatoms. The number of rotatable bonds is 4. The number of hydrogen-bond acceptors (Lipinski definition) is 4. The predicted octanol–water partition coefficient (Wildman–Crippen LogP) is 3.13. The Balaban J connectivity index is 1.68. The molecule has 0 bridgehead atoms. The molecular formula is C16H14N2O2. The molecule has 3 rings (SSSR count). The summed E-state index contributed by atoms with van der Waals surface area (Å²) in [4.78, 5) is 0. The van der Waals surface area contributed by atoms with E-state index in [4.69, 9.17) is 9.47 Å². The lowest BCUT2D eigenvalue weighted by molar-refractivity contribution is 0.174. The standard InChI is InChI=1S/C16H14N2O2/c17-9-13(12-4-2-1-3-5-12)10-18-14-6-7-15-16(8-14)20-11-19-15/h1-8,13,18H,10-11H2. The van der Waals surface area contributed by atoms with Gasteiger partial charge in [0.15, 0.2) is 11.5 Å². The zero-order chi connectivity index (χ0) is 13.8. The van der Waals surface area contributed by atoms with E-state index in [0.29, 0.717) is 6.54 Å². The van der Waals surface area contributed by atoms with Crippen molar-refractivity contribution in [3.63, 3.8) is 0 Å². The molecule has 0 saturated carbocycles. The van der Waals surface area contributed by atoms with Gasteiger partial charge in [-0.1, -0.05) is 30.3 Å². The summed E-state index contributed by atoms with van der Waals surface area (Å²) in [5, 5.41) is 12.5. The molecular weight excluding hydrogens is 252 g/mol. The minimum atomic E-state index is -0.179. The molecule has 1 aliphatic rings. The number of hydrogen-bond donors (Lipinski definition) is 1. The van der Waals surface area contributed by atoms with Gasteiger partial charge in [-0.15, -0.1) is 0 Å². The van der Waals surface area contributed by atoms with E-state index in [-0.39, 0.29) is 12.7 Å². The van der Waals surface area contributed by atoms with Crippen LogP contribution in [0.25, 0.3) is 0 Å². The largest absolute Gasteiger partial charge is 0.454 e. The van der Waals surface area contributed by atoms with Crippen LogP contribution in [-0.4, -0.2) is 13.3 Å². The first-order valence-electron chi connectivity index (χ1n) is 6.45. The first-order valence-corrected chi connectivity index (χ1v) is 6.45. The highest BCUT2D eigenvalue weighted by Gasteiger charge is 2.14. The molecule has 0 aromatic heterocycles. The predicted molar refractivity (Wildman–Crippen MR) is 75.9 cm³/mol.